The molecule has 0 unspecified atom stereocenters. The van der Waals surface area contributed by atoms with Gasteiger partial charge in [0, 0.05) is 67.6 Å². The highest BCUT2D eigenvalue weighted by Crippen LogP contribution is 2.32. The summed E-state index contributed by atoms with van der Waals surface area (Å²) in [6.07, 6.45) is 4.23. The number of rotatable bonds is 8. The van der Waals surface area contributed by atoms with Crippen LogP contribution in [-0.4, -0.2) is 65.4 Å². The molecule has 0 saturated carbocycles. The maximum Gasteiger partial charge on any atom is 0.330 e. The standard InChI is InChI=1S/C24H26FN5O6S/c1-29-23-22(30(24(29)31)16-6-10-34-11-7-16)18-12-17(19(25)13-20(18)27-28-23)15-4-5-21(26-14-15)35-8-3-9-36-37(2,32)33/h4-5,12-14,16H,3,6-11H2,1-2H3. The number of hydrogen-bond donors (Lipinski definition) is 0. The van der Waals surface area contributed by atoms with E-state index < -0.39 is 15.9 Å². The van der Waals surface area contributed by atoms with Crippen LogP contribution in [0.15, 0.2) is 35.3 Å². The van der Waals surface area contributed by atoms with Gasteiger partial charge >= 0.3 is 5.69 Å². The molecule has 0 radical (unpaired) electrons. The maximum atomic E-state index is 15.1. The Bertz CT molecular complexity index is 1610. The minimum atomic E-state index is -3.49. The fourth-order valence-corrected chi connectivity index (χ4v) is 4.91. The van der Waals surface area contributed by atoms with Gasteiger partial charge in [0.1, 0.15) is 11.3 Å². The Morgan fingerprint density at radius 3 is 2.65 bits per heavy atom. The Morgan fingerprint density at radius 1 is 1.16 bits per heavy atom. The Hall–Kier alpha value is -3.42. The molecule has 0 aliphatic carbocycles. The fourth-order valence-electron chi connectivity index (χ4n) is 4.49. The lowest BCUT2D eigenvalue weighted by molar-refractivity contribution is 0.0697. The molecule has 13 heteroatoms. The number of aromatic nitrogens is 5. The zero-order valence-corrected chi connectivity index (χ0v) is 21.2. The van der Waals surface area contributed by atoms with Crippen molar-refractivity contribution in [3.05, 3.63) is 46.8 Å². The number of aryl methyl sites for hydroxylation is 1. The van der Waals surface area contributed by atoms with Gasteiger partial charge in [0.2, 0.25) is 5.88 Å². The van der Waals surface area contributed by atoms with Crippen molar-refractivity contribution in [2.75, 3.05) is 32.7 Å². The molecule has 1 aromatic carbocycles. The van der Waals surface area contributed by atoms with E-state index in [-0.39, 0.29) is 24.9 Å². The van der Waals surface area contributed by atoms with Crippen molar-refractivity contribution in [2.45, 2.75) is 25.3 Å². The predicted molar refractivity (Wildman–Crippen MR) is 133 cm³/mol. The third-order valence-corrected chi connectivity index (χ3v) is 6.89. The van der Waals surface area contributed by atoms with E-state index in [9.17, 15) is 13.2 Å². The Labute approximate surface area is 211 Å². The minimum Gasteiger partial charge on any atom is -0.478 e. The molecule has 1 aliphatic heterocycles. The molecule has 4 heterocycles. The second-order valence-electron chi connectivity index (χ2n) is 8.89. The maximum absolute atomic E-state index is 15.1. The van der Waals surface area contributed by atoms with Crippen LogP contribution >= 0.6 is 0 Å². The normalized spacial score (nSPS) is 15.0. The zero-order chi connectivity index (χ0) is 26.2. The molecule has 11 nitrogen and oxygen atoms in total. The average Bonchev–Trinajstić information content (AvgIpc) is 3.14. The monoisotopic (exact) mass is 531 g/mol. The lowest BCUT2D eigenvalue weighted by atomic mass is 10.0. The van der Waals surface area contributed by atoms with E-state index in [0.29, 0.717) is 71.5 Å². The van der Waals surface area contributed by atoms with Crippen LogP contribution in [0.5, 0.6) is 5.88 Å². The summed E-state index contributed by atoms with van der Waals surface area (Å²) < 4.78 is 56.0. The number of ether oxygens (including phenoxy) is 2. The molecule has 5 rings (SSSR count). The van der Waals surface area contributed by atoms with Gasteiger partial charge in [0.25, 0.3) is 10.1 Å². The molecule has 0 spiro atoms. The number of hydrogen-bond acceptors (Lipinski definition) is 9. The molecule has 1 aliphatic rings. The average molecular weight is 532 g/mol. The summed E-state index contributed by atoms with van der Waals surface area (Å²) in [5.41, 5.74) is 2.03. The number of pyridine rings is 1. The topological polar surface area (TPSA) is 127 Å². The van der Waals surface area contributed by atoms with Crippen LogP contribution in [-0.2, 0) is 26.1 Å². The molecule has 0 N–H and O–H groups in total. The summed E-state index contributed by atoms with van der Waals surface area (Å²) in [7, 11) is -1.84. The number of imidazole rings is 1. The highest BCUT2D eigenvalue weighted by molar-refractivity contribution is 7.85. The van der Waals surface area contributed by atoms with Gasteiger partial charge in [-0.05, 0) is 25.0 Å². The molecule has 0 atom stereocenters. The van der Waals surface area contributed by atoms with E-state index in [0.717, 1.165) is 6.26 Å². The van der Waals surface area contributed by atoms with Gasteiger partial charge in [-0.2, -0.15) is 8.42 Å². The van der Waals surface area contributed by atoms with E-state index in [1.807, 2.05) is 0 Å². The van der Waals surface area contributed by atoms with Crippen LogP contribution in [0.1, 0.15) is 25.3 Å². The molecule has 0 amide bonds. The molecule has 1 fully saturated rings. The van der Waals surface area contributed by atoms with E-state index in [1.165, 1.54) is 16.8 Å². The first-order valence-electron chi connectivity index (χ1n) is 11.8. The second kappa shape index (κ2) is 10.1. The molecule has 196 valence electrons. The molecule has 1 saturated heterocycles. The van der Waals surface area contributed by atoms with Crippen molar-refractivity contribution in [2.24, 2.45) is 7.05 Å². The number of benzene rings is 1. The number of fused-ring (bicyclic) bond motifs is 3. The summed E-state index contributed by atoms with van der Waals surface area (Å²) in [4.78, 5) is 17.4. The molecule has 0 bridgehead atoms. The summed E-state index contributed by atoms with van der Waals surface area (Å²) >= 11 is 0. The summed E-state index contributed by atoms with van der Waals surface area (Å²) in [5.74, 6) is -0.181. The van der Waals surface area contributed by atoms with Gasteiger partial charge in [0.15, 0.2) is 5.65 Å². The van der Waals surface area contributed by atoms with Crippen LogP contribution in [0.4, 0.5) is 4.39 Å². The van der Waals surface area contributed by atoms with Crippen LogP contribution < -0.4 is 10.4 Å². The van der Waals surface area contributed by atoms with Gasteiger partial charge in [0.05, 0.1) is 25.0 Å². The Balaban J connectivity index is 1.47. The van der Waals surface area contributed by atoms with Crippen molar-refractivity contribution in [1.29, 1.82) is 0 Å². The SMILES string of the molecule is Cn1c(=O)n(C2CCOCC2)c2c3cc(-c4ccc(OCCCOS(C)(=O)=O)nc4)c(F)cc3nnc21. The number of nitrogens with zero attached hydrogens (tertiary/aromatic N) is 5. The molecule has 4 aromatic rings. The summed E-state index contributed by atoms with van der Waals surface area (Å²) in [6, 6.07) is 6.23. The zero-order valence-electron chi connectivity index (χ0n) is 20.4. The van der Waals surface area contributed by atoms with E-state index >= 15 is 4.39 Å². The Morgan fingerprint density at radius 2 is 1.95 bits per heavy atom. The van der Waals surface area contributed by atoms with Crippen molar-refractivity contribution in [3.8, 4) is 17.0 Å². The van der Waals surface area contributed by atoms with Gasteiger partial charge in [-0.15, -0.1) is 10.2 Å². The largest absolute Gasteiger partial charge is 0.478 e. The minimum absolute atomic E-state index is 0.00895. The lowest BCUT2D eigenvalue weighted by Crippen LogP contribution is -2.29. The van der Waals surface area contributed by atoms with Crippen LogP contribution in [0.2, 0.25) is 0 Å². The molecule has 3 aromatic heterocycles. The molecular formula is C24H26FN5O6S. The van der Waals surface area contributed by atoms with E-state index in [2.05, 4.69) is 19.4 Å². The first-order valence-corrected chi connectivity index (χ1v) is 13.6. The first-order chi connectivity index (χ1) is 17.7. The van der Waals surface area contributed by atoms with Gasteiger partial charge in [-0.25, -0.2) is 14.2 Å². The highest BCUT2D eigenvalue weighted by atomic mass is 32.2. The molecule has 37 heavy (non-hydrogen) atoms. The van der Waals surface area contributed by atoms with Crippen molar-refractivity contribution < 1.29 is 26.5 Å². The van der Waals surface area contributed by atoms with Crippen molar-refractivity contribution in [3.63, 3.8) is 0 Å². The summed E-state index contributed by atoms with van der Waals surface area (Å²) in [6.45, 7) is 1.35. The van der Waals surface area contributed by atoms with E-state index in [4.69, 9.17) is 9.47 Å². The third kappa shape index (κ3) is 5.20. The van der Waals surface area contributed by atoms with Crippen molar-refractivity contribution in [1.82, 2.24) is 24.3 Å². The van der Waals surface area contributed by atoms with E-state index in [1.54, 1.807) is 29.8 Å². The van der Waals surface area contributed by atoms with Crippen LogP contribution in [0, 0.1) is 5.82 Å². The Kier molecular flexibility index (Phi) is 6.92. The second-order valence-corrected chi connectivity index (χ2v) is 10.5. The van der Waals surface area contributed by atoms with Crippen LogP contribution in [0.25, 0.3) is 33.2 Å². The smallest absolute Gasteiger partial charge is 0.330 e. The van der Waals surface area contributed by atoms with Crippen molar-refractivity contribution >= 4 is 32.2 Å². The summed E-state index contributed by atoms with van der Waals surface area (Å²) in [5, 5.41) is 9.01. The quantitative estimate of drug-likeness (QED) is 0.249. The third-order valence-electron chi connectivity index (χ3n) is 6.30. The van der Waals surface area contributed by atoms with Gasteiger partial charge in [-0.1, -0.05) is 0 Å². The van der Waals surface area contributed by atoms with Gasteiger partial charge < -0.3 is 9.47 Å². The fraction of sp³-hybridized carbons (Fsp3) is 0.417. The predicted octanol–water partition coefficient (Wildman–Crippen LogP) is 2.58. The van der Waals surface area contributed by atoms with Gasteiger partial charge in [-0.3, -0.25) is 13.3 Å². The lowest BCUT2D eigenvalue weighted by Gasteiger charge is -2.23. The van der Waals surface area contributed by atoms with Crippen LogP contribution in [0.3, 0.4) is 0 Å². The number of halogens is 1. The first kappa shape index (κ1) is 25.2. The molecular weight excluding hydrogens is 505 g/mol. The highest BCUT2D eigenvalue weighted by Gasteiger charge is 2.25.